The third-order valence-corrected chi connectivity index (χ3v) is 5.19. The first-order chi connectivity index (χ1) is 12.9. The maximum Gasteiger partial charge on any atom is 0.259 e. The van der Waals surface area contributed by atoms with Crippen LogP contribution in [0.5, 0.6) is 5.75 Å². The Bertz CT molecular complexity index is 1010. The Morgan fingerprint density at radius 3 is 2.41 bits per heavy atom. The highest BCUT2D eigenvalue weighted by molar-refractivity contribution is 9.11. The van der Waals surface area contributed by atoms with Crippen molar-refractivity contribution in [1.29, 1.82) is 0 Å². The minimum atomic E-state index is -0.251. The van der Waals surface area contributed by atoms with Crippen molar-refractivity contribution < 1.29 is 9.90 Å². The molecule has 0 aliphatic carbocycles. The molecule has 0 atom stereocenters. The average molecular weight is 491 g/mol. The van der Waals surface area contributed by atoms with Crippen molar-refractivity contribution in [3.05, 3.63) is 69.1 Å². The standard InChI is InChI=1S/C20H17Br2N3O2/c1-12(15-9-17(21)20(27)18(22)10-15)24-25-19(26)11-23-16-7-6-13-4-2-3-5-14(13)8-16/h2-10,23,27H,11H2,1H3,(H,25,26). The van der Waals surface area contributed by atoms with E-state index in [1.165, 1.54) is 0 Å². The van der Waals surface area contributed by atoms with E-state index in [2.05, 4.69) is 47.7 Å². The molecule has 0 aromatic heterocycles. The maximum atomic E-state index is 12.1. The Kier molecular flexibility index (Phi) is 6.13. The molecule has 0 spiro atoms. The molecule has 3 rings (SSSR count). The molecule has 0 heterocycles. The van der Waals surface area contributed by atoms with Crippen molar-refractivity contribution in [1.82, 2.24) is 5.43 Å². The van der Waals surface area contributed by atoms with Crippen molar-refractivity contribution in [3.8, 4) is 5.75 Å². The van der Waals surface area contributed by atoms with Crippen LogP contribution >= 0.6 is 31.9 Å². The van der Waals surface area contributed by atoms with Gasteiger partial charge in [-0.15, -0.1) is 0 Å². The van der Waals surface area contributed by atoms with Crippen molar-refractivity contribution in [2.24, 2.45) is 5.10 Å². The number of hydrogen-bond donors (Lipinski definition) is 3. The number of halogens is 2. The van der Waals surface area contributed by atoms with E-state index >= 15 is 0 Å². The molecule has 27 heavy (non-hydrogen) atoms. The lowest BCUT2D eigenvalue weighted by molar-refractivity contribution is -0.119. The number of hydrogen-bond acceptors (Lipinski definition) is 4. The summed E-state index contributed by atoms with van der Waals surface area (Å²) >= 11 is 6.56. The average Bonchev–Trinajstić information content (AvgIpc) is 2.68. The van der Waals surface area contributed by atoms with E-state index in [1.54, 1.807) is 19.1 Å². The van der Waals surface area contributed by atoms with Gasteiger partial charge in [0.05, 0.1) is 21.2 Å². The largest absolute Gasteiger partial charge is 0.506 e. The van der Waals surface area contributed by atoms with Crippen LogP contribution in [-0.2, 0) is 4.79 Å². The van der Waals surface area contributed by atoms with Gasteiger partial charge in [0.1, 0.15) is 5.75 Å². The van der Waals surface area contributed by atoms with Crippen LogP contribution in [0, 0.1) is 0 Å². The third-order valence-electron chi connectivity index (χ3n) is 3.99. The summed E-state index contributed by atoms with van der Waals surface area (Å²) in [6.45, 7) is 1.89. The summed E-state index contributed by atoms with van der Waals surface area (Å²) in [7, 11) is 0. The van der Waals surface area contributed by atoms with Crippen LogP contribution in [0.1, 0.15) is 12.5 Å². The Morgan fingerprint density at radius 1 is 1.04 bits per heavy atom. The molecule has 0 saturated heterocycles. The number of nitrogens with zero attached hydrogens (tertiary/aromatic N) is 1. The maximum absolute atomic E-state index is 12.1. The fraction of sp³-hybridized carbons (Fsp3) is 0.100. The van der Waals surface area contributed by atoms with Gasteiger partial charge in [-0.1, -0.05) is 30.3 Å². The van der Waals surface area contributed by atoms with E-state index in [0.29, 0.717) is 14.7 Å². The quantitative estimate of drug-likeness (QED) is 0.347. The highest BCUT2D eigenvalue weighted by Gasteiger charge is 2.08. The molecule has 1 amide bonds. The van der Waals surface area contributed by atoms with Crippen LogP contribution in [0.15, 0.2) is 68.6 Å². The number of nitrogens with one attached hydrogen (secondary N) is 2. The number of amides is 1. The van der Waals surface area contributed by atoms with Crippen molar-refractivity contribution in [2.75, 3.05) is 11.9 Å². The zero-order valence-electron chi connectivity index (χ0n) is 14.5. The van der Waals surface area contributed by atoms with Crippen LogP contribution in [0.4, 0.5) is 5.69 Å². The van der Waals surface area contributed by atoms with Gasteiger partial charge in [-0.3, -0.25) is 4.79 Å². The van der Waals surface area contributed by atoms with Crippen LogP contribution in [0.3, 0.4) is 0 Å². The smallest absolute Gasteiger partial charge is 0.259 e. The fourth-order valence-electron chi connectivity index (χ4n) is 2.51. The van der Waals surface area contributed by atoms with Gasteiger partial charge >= 0.3 is 0 Å². The summed E-state index contributed by atoms with van der Waals surface area (Å²) in [6, 6.07) is 17.5. The van der Waals surface area contributed by atoms with Gasteiger partial charge in [-0.25, -0.2) is 5.43 Å². The summed E-state index contributed by atoms with van der Waals surface area (Å²) in [6.07, 6.45) is 0. The molecular formula is C20H17Br2N3O2. The van der Waals surface area contributed by atoms with Crippen LogP contribution in [-0.4, -0.2) is 23.3 Å². The SMILES string of the molecule is CC(=NNC(=O)CNc1ccc2ccccc2c1)c1cc(Br)c(O)c(Br)c1. The molecule has 3 N–H and O–H groups in total. The topological polar surface area (TPSA) is 73.7 Å². The Hall–Kier alpha value is -2.38. The Balaban J connectivity index is 1.60. The number of rotatable bonds is 5. The van der Waals surface area contributed by atoms with Crippen molar-refractivity contribution >= 4 is 59.9 Å². The number of fused-ring (bicyclic) bond motifs is 1. The number of benzene rings is 3. The first-order valence-electron chi connectivity index (χ1n) is 8.18. The molecule has 0 radical (unpaired) electrons. The molecule has 7 heteroatoms. The number of carbonyl (C=O) groups excluding carboxylic acids is 1. The van der Waals surface area contributed by atoms with Gasteiger partial charge in [-0.05, 0) is 79.4 Å². The number of hydrazone groups is 1. The molecule has 0 unspecified atom stereocenters. The van der Waals surface area contributed by atoms with E-state index in [9.17, 15) is 9.90 Å². The summed E-state index contributed by atoms with van der Waals surface area (Å²) < 4.78 is 1.09. The van der Waals surface area contributed by atoms with E-state index < -0.39 is 0 Å². The zero-order chi connectivity index (χ0) is 19.4. The second kappa shape index (κ2) is 8.54. The summed E-state index contributed by atoms with van der Waals surface area (Å²) in [5.74, 6) is -0.130. The fourth-order valence-corrected chi connectivity index (χ4v) is 3.69. The highest BCUT2D eigenvalue weighted by Crippen LogP contribution is 2.33. The molecule has 0 bridgehead atoms. The summed E-state index contributed by atoms with van der Waals surface area (Å²) in [5, 5.41) is 19.2. The monoisotopic (exact) mass is 489 g/mol. The molecule has 138 valence electrons. The molecule has 3 aromatic carbocycles. The lowest BCUT2D eigenvalue weighted by atomic mass is 10.1. The van der Waals surface area contributed by atoms with Gasteiger partial charge in [0.2, 0.25) is 0 Å². The number of aromatic hydroxyl groups is 1. The Labute approximate surface area is 173 Å². The van der Waals surface area contributed by atoms with Crippen molar-refractivity contribution in [2.45, 2.75) is 6.92 Å². The molecule has 5 nitrogen and oxygen atoms in total. The predicted octanol–water partition coefficient (Wildman–Crippen LogP) is 5.02. The van der Waals surface area contributed by atoms with E-state index in [4.69, 9.17) is 0 Å². The summed E-state index contributed by atoms with van der Waals surface area (Å²) in [5.41, 5.74) is 4.80. The number of phenolic OH excluding ortho intramolecular Hbond substituents is 1. The number of phenols is 1. The molecule has 0 saturated carbocycles. The second-order valence-corrected chi connectivity index (χ2v) is 7.64. The zero-order valence-corrected chi connectivity index (χ0v) is 17.6. The van der Waals surface area contributed by atoms with E-state index in [1.807, 2.05) is 42.5 Å². The first-order valence-corrected chi connectivity index (χ1v) is 9.77. The van der Waals surface area contributed by atoms with Gasteiger partial charge < -0.3 is 10.4 Å². The molecule has 3 aromatic rings. The van der Waals surface area contributed by atoms with E-state index in [0.717, 1.165) is 22.0 Å². The van der Waals surface area contributed by atoms with Gasteiger partial charge in [-0.2, -0.15) is 5.10 Å². The van der Waals surface area contributed by atoms with Crippen LogP contribution in [0.2, 0.25) is 0 Å². The number of carbonyl (C=O) groups is 1. The minimum absolute atomic E-state index is 0.109. The van der Waals surface area contributed by atoms with Gasteiger partial charge in [0.25, 0.3) is 5.91 Å². The third kappa shape index (κ3) is 4.87. The van der Waals surface area contributed by atoms with Crippen molar-refractivity contribution in [3.63, 3.8) is 0 Å². The van der Waals surface area contributed by atoms with Crippen LogP contribution in [0.25, 0.3) is 10.8 Å². The molecule has 0 fully saturated rings. The normalized spacial score (nSPS) is 11.4. The summed E-state index contributed by atoms with van der Waals surface area (Å²) in [4.78, 5) is 12.1. The van der Waals surface area contributed by atoms with E-state index in [-0.39, 0.29) is 18.2 Å². The lowest BCUT2D eigenvalue weighted by Crippen LogP contribution is -2.26. The number of anilines is 1. The lowest BCUT2D eigenvalue weighted by Gasteiger charge is -2.08. The predicted molar refractivity (Wildman–Crippen MR) is 116 cm³/mol. The molecular weight excluding hydrogens is 474 g/mol. The minimum Gasteiger partial charge on any atom is -0.506 e. The second-order valence-electron chi connectivity index (χ2n) is 5.94. The first kappa shape index (κ1) is 19.4. The van der Waals surface area contributed by atoms with Gasteiger partial charge in [0, 0.05) is 5.69 Å². The van der Waals surface area contributed by atoms with Crippen LogP contribution < -0.4 is 10.7 Å². The molecule has 0 aliphatic heterocycles. The molecule has 0 aliphatic rings. The van der Waals surface area contributed by atoms with Gasteiger partial charge in [0.15, 0.2) is 0 Å². The Morgan fingerprint density at radius 2 is 1.70 bits per heavy atom. The highest BCUT2D eigenvalue weighted by atomic mass is 79.9.